The first kappa shape index (κ1) is 17.5. The Bertz CT molecular complexity index is 1130. The molecular weight excluding hydrogens is 368 g/mol. The van der Waals surface area contributed by atoms with Gasteiger partial charge in [0.05, 0.1) is 11.4 Å². The maximum absolute atomic E-state index is 14.2. The zero-order valence-corrected chi connectivity index (χ0v) is 14.9. The lowest BCUT2D eigenvalue weighted by Gasteiger charge is -2.10. The molecule has 0 aliphatic rings. The van der Waals surface area contributed by atoms with Gasteiger partial charge in [0.2, 0.25) is 0 Å². The van der Waals surface area contributed by atoms with E-state index in [4.69, 9.17) is 0 Å². The molecule has 0 fully saturated rings. The second-order valence-electron chi connectivity index (χ2n) is 5.57. The average molecular weight is 381 g/mol. The number of halogens is 2. The minimum absolute atomic E-state index is 0.311. The van der Waals surface area contributed by atoms with Gasteiger partial charge in [0.15, 0.2) is 9.84 Å². The number of hydrogen-bond acceptors (Lipinski definition) is 4. The standard InChI is InChI=1S/C17H13F2NO3S2/c1-10-7-12(4-5-13(10)18)20-15(9-24-17(20)21)11-3-6-16(14(19)8-11)25(2,22)23/h3-9H,1-2H3. The molecule has 0 saturated carbocycles. The molecule has 1 heterocycles. The van der Waals surface area contributed by atoms with Crippen LogP contribution in [0.4, 0.5) is 8.78 Å². The minimum Gasteiger partial charge on any atom is -0.267 e. The largest absolute Gasteiger partial charge is 0.312 e. The van der Waals surface area contributed by atoms with Crippen molar-refractivity contribution >= 4 is 21.2 Å². The van der Waals surface area contributed by atoms with Gasteiger partial charge in [-0.3, -0.25) is 9.36 Å². The van der Waals surface area contributed by atoms with Crippen molar-refractivity contribution < 1.29 is 17.2 Å². The molecule has 25 heavy (non-hydrogen) atoms. The lowest BCUT2D eigenvalue weighted by atomic mass is 10.1. The van der Waals surface area contributed by atoms with Crippen molar-refractivity contribution in [1.82, 2.24) is 4.57 Å². The van der Waals surface area contributed by atoms with Gasteiger partial charge in [0.1, 0.15) is 16.5 Å². The highest BCUT2D eigenvalue weighted by atomic mass is 32.2. The van der Waals surface area contributed by atoms with Crippen molar-refractivity contribution in [2.45, 2.75) is 11.8 Å². The third kappa shape index (κ3) is 3.27. The van der Waals surface area contributed by atoms with Crippen LogP contribution >= 0.6 is 11.3 Å². The number of aromatic nitrogens is 1. The van der Waals surface area contributed by atoms with Crippen molar-refractivity contribution in [1.29, 1.82) is 0 Å². The average Bonchev–Trinajstić information content (AvgIpc) is 2.90. The van der Waals surface area contributed by atoms with E-state index < -0.39 is 26.4 Å². The predicted molar refractivity (Wildman–Crippen MR) is 93.1 cm³/mol. The summed E-state index contributed by atoms with van der Waals surface area (Å²) in [5.74, 6) is -1.28. The molecule has 0 bridgehead atoms. The molecular formula is C17H13F2NO3S2. The van der Waals surface area contributed by atoms with Crippen molar-refractivity contribution in [3.8, 4) is 16.9 Å². The molecule has 2 aromatic carbocycles. The topological polar surface area (TPSA) is 56.1 Å². The number of rotatable bonds is 3. The first-order valence-electron chi connectivity index (χ1n) is 7.15. The van der Waals surface area contributed by atoms with Crippen LogP contribution in [0.2, 0.25) is 0 Å². The fourth-order valence-corrected chi connectivity index (χ4v) is 3.97. The van der Waals surface area contributed by atoms with E-state index in [0.717, 1.165) is 23.7 Å². The van der Waals surface area contributed by atoms with Crippen molar-refractivity contribution in [3.05, 3.63) is 68.6 Å². The van der Waals surface area contributed by atoms with Crippen molar-refractivity contribution in [3.63, 3.8) is 0 Å². The van der Waals surface area contributed by atoms with E-state index in [1.165, 1.54) is 34.9 Å². The molecule has 0 saturated heterocycles. The van der Waals surface area contributed by atoms with Crippen LogP contribution in [0.5, 0.6) is 0 Å². The molecule has 0 unspecified atom stereocenters. The molecule has 0 amide bonds. The second-order valence-corrected chi connectivity index (χ2v) is 8.38. The normalized spacial score (nSPS) is 11.7. The molecule has 3 aromatic rings. The van der Waals surface area contributed by atoms with E-state index in [2.05, 4.69) is 0 Å². The van der Waals surface area contributed by atoms with Gasteiger partial charge in [-0.2, -0.15) is 0 Å². The minimum atomic E-state index is -3.68. The van der Waals surface area contributed by atoms with Gasteiger partial charge in [0, 0.05) is 17.2 Å². The van der Waals surface area contributed by atoms with Gasteiger partial charge in [0.25, 0.3) is 0 Å². The number of hydrogen-bond donors (Lipinski definition) is 0. The van der Waals surface area contributed by atoms with Crippen LogP contribution in [0.25, 0.3) is 16.9 Å². The third-order valence-electron chi connectivity index (χ3n) is 3.72. The molecule has 0 radical (unpaired) electrons. The van der Waals surface area contributed by atoms with Gasteiger partial charge in [-0.15, -0.1) is 0 Å². The molecule has 1 aromatic heterocycles. The zero-order chi connectivity index (χ0) is 18.4. The predicted octanol–water partition coefficient (Wildman–Crippen LogP) is 3.56. The molecule has 4 nitrogen and oxygen atoms in total. The maximum Gasteiger partial charge on any atom is 0.312 e. The van der Waals surface area contributed by atoms with Crippen LogP contribution in [0, 0.1) is 18.6 Å². The first-order chi connectivity index (χ1) is 11.7. The van der Waals surface area contributed by atoms with E-state index in [1.54, 1.807) is 12.3 Å². The van der Waals surface area contributed by atoms with E-state index in [-0.39, 0.29) is 4.87 Å². The van der Waals surface area contributed by atoms with Gasteiger partial charge in [-0.25, -0.2) is 17.2 Å². The fourth-order valence-electron chi connectivity index (χ4n) is 2.48. The molecule has 0 N–H and O–H groups in total. The number of aryl methyl sites for hydroxylation is 1. The van der Waals surface area contributed by atoms with Crippen LogP contribution in [-0.4, -0.2) is 19.2 Å². The molecule has 0 atom stereocenters. The quantitative estimate of drug-likeness (QED) is 0.697. The van der Waals surface area contributed by atoms with Crippen molar-refractivity contribution in [2.75, 3.05) is 6.26 Å². The Balaban J connectivity index is 2.19. The van der Waals surface area contributed by atoms with Crippen LogP contribution in [0.15, 0.2) is 51.5 Å². The third-order valence-corrected chi connectivity index (χ3v) is 5.58. The number of nitrogens with zero attached hydrogens (tertiary/aromatic N) is 1. The summed E-state index contributed by atoms with van der Waals surface area (Å²) >= 11 is 0.919. The highest BCUT2D eigenvalue weighted by molar-refractivity contribution is 7.90. The van der Waals surface area contributed by atoms with Crippen LogP contribution < -0.4 is 4.87 Å². The van der Waals surface area contributed by atoms with Crippen LogP contribution in [0.3, 0.4) is 0 Å². The summed E-state index contributed by atoms with van der Waals surface area (Å²) in [6.45, 7) is 1.58. The van der Waals surface area contributed by atoms with Gasteiger partial charge in [-0.1, -0.05) is 17.4 Å². The second kappa shape index (κ2) is 6.20. The summed E-state index contributed by atoms with van der Waals surface area (Å²) in [6, 6.07) is 7.92. The Hall–Kier alpha value is -2.32. The van der Waals surface area contributed by atoms with Crippen LogP contribution in [0.1, 0.15) is 5.56 Å². The molecule has 0 spiro atoms. The Kier molecular flexibility index (Phi) is 4.34. The molecule has 130 valence electrons. The molecule has 0 aliphatic carbocycles. The zero-order valence-electron chi connectivity index (χ0n) is 13.3. The monoisotopic (exact) mass is 381 g/mol. The SMILES string of the molecule is Cc1cc(-n2c(-c3ccc(S(C)(=O)=O)c(F)c3)csc2=O)ccc1F. The van der Waals surface area contributed by atoms with Gasteiger partial charge < -0.3 is 0 Å². The summed E-state index contributed by atoms with van der Waals surface area (Å²) < 4.78 is 52.1. The Morgan fingerprint density at radius 2 is 1.76 bits per heavy atom. The smallest absolute Gasteiger partial charge is 0.267 e. The maximum atomic E-state index is 14.2. The lowest BCUT2D eigenvalue weighted by Crippen LogP contribution is -2.12. The lowest BCUT2D eigenvalue weighted by molar-refractivity contribution is 0.571. The molecule has 0 aliphatic heterocycles. The molecule has 8 heteroatoms. The summed E-state index contributed by atoms with van der Waals surface area (Å²) in [4.78, 5) is 11.5. The Morgan fingerprint density at radius 3 is 2.36 bits per heavy atom. The van der Waals surface area contributed by atoms with E-state index in [1.807, 2.05) is 0 Å². The Morgan fingerprint density at radius 1 is 1.04 bits per heavy atom. The van der Waals surface area contributed by atoms with E-state index in [9.17, 15) is 22.0 Å². The Labute approximate surface area is 146 Å². The highest BCUT2D eigenvalue weighted by Gasteiger charge is 2.17. The van der Waals surface area contributed by atoms with E-state index in [0.29, 0.717) is 22.5 Å². The number of sulfone groups is 1. The molecule has 3 rings (SSSR count). The highest BCUT2D eigenvalue weighted by Crippen LogP contribution is 2.27. The summed E-state index contributed by atoms with van der Waals surface area (Å²) in [5.41, 5.74) is 1.58. The van der Waals surface area contributed by atoms with Gasteiger partial charge in [-0.05, 0) is 42.8 Å². The van der Waals surface area contributed by atoms with Crippen molar-refractivity contribution in [2.24, 2.45) is 0 Å². The summed E-state index contributed by atoms with van der Waals surface area (Å²) in [7, 11) is -3.68. The first-order valence-corrected chi connectivity index (χ1v) is 9.92. The number of benzene rings is 2. The summed E-state index contributed by atoms with van der Waals surface area (Å²) in [6.07, 6.45) is 0.924. The summed E-state index contributed by atoms with van der Waals surface area (Å²) in [5, 5.41) is 1.55. The van der Waals surface area contributed by atoms with E-state index >= 15 is 0 Å². The fraction of sp³-hybridized carbons (Fsp3) is 0.118. The number of thiazole rings is 1. The van der Waals surface area contributed by atoms with Gasteiger partial charge >= 0.3 is 4.87 Å². The van der Waals surface area contributed by atoms with Crippen LogP contribution in [-0.2, 0) is 9.84 Å².